The van der Waals surface area contributed by atoms with Gasteiger partial charge in [-0.05, 0) is 42.0 Å². The number of rotatable bonds is 3. The summed E-state index contributed by atoms with van der Waals surface area (Å²) in [6, 6.07) is 11.0. The smallest absolute Gasteiger partial charge is 0.231 e. The van der Waals surface area contributed by atoms with Crippen LogP contribution in [0.25, 0.3) is 6.08 Å². The van der Waals surface area contributed by atoms with Crippen molar-refractivity contribution in [1.82, 2.24) is 0 Å². The van der Waals surface area contributed by atoms with Crippen LogP contribution in [0.5, 0.6) is 11.5 Å². The molecule has 0 bridgehead atoms. The van der Waals surface area contributed by atoms with Crippen LogP contribution < -0.4 is 9.47 Å². The van der Waals surface area contributed by atoms with Crippen LogP contribution in [-0.2, 0) is 0 Å². The average Bonchev–Trinajstić information content (AvgIpc) is 2.93. The Morgan fingerprint density at radius 1 is 1.05 bits per heavy atom. The Morgan fingerprint density at radius 2 is 1.80 bits per heavy atom. The molecule has 1 heterocycles. The maximum Gasteiger partial charge on any atom is 0.231 e. The van der Waals surface area contributed by atoms with Crippen molar-refractivity contribution < 1.29 is 18.7 Å². The van der Waals surface area contributed by atoms with E-state index in [1.165, 1.54) is 18.2 Å². The summed E-state index contributed by atoms with van der Waals surface area (Å²) >= 11 is 0. The van der Waals surface area contributed by atoms with Gasteiger partial charge in [0.2, 0.25) is 6.79 Å². The van der Waals surface area contributed by atoms with Crippen LogP contribution in [0.15, 0.2) is 48.5 Å². The largest absolute Gasteiger partial charge is 0.454 e. The molecule has 1 aliphatic rings. The SMILES string of the molecule is O=C(C=Cc1ccc(F)cc1)c1ccc2c(c1)OCO2. The Kier molecular flexibility index (Phi) is 3.21. The van der Waals surface area contributed by atoms with Crippen molar-refractivity contribution >= 4 is 11.9 Å². The van der Waals surface area contributed by atoms with E-state index in [1.54, 1.807) is 36.4 Å². The Bertz CT molecular complexity index is 675. The fourth-order valence-corrected chi connectivity index (χ4v) is 1.89. The third-order valence-electron chi connectivity index (χ3n) is 2.95. The maximum absolute atomic E-state index is 12.8. The minimum Gasteiger partial charge on any atom is -0.454 e. The number of benzene rings is 2. The highest BCUT2D eigenvalue weighted by atomic mass is 19.1. The molecule has 20 heavy (non-hydrogen) atoms. The average molecular weight is 270 g/mol. The van der Waals surface area contributed by atoms with E-state index in [9.17, 15) is 9.18 Å². The zero-order valence-corrected chi connectivity index (χ0v) is 10.5. The van der Waals surface area contributed by atoms with Gasteiger partial charge in [-0.2, -0.15) is 0 Å². The normalized spacial score (nSPS) is 12.8. The van der Waals surface area contributed by atoms with Crippen molar-refractivity contribution in [2.75, 3.05) is 6.79 Å². The van der Waals surface area contributed by atoms with Gasteiger partial charge < -0.3 is 9.47 Å². The molecule has 3 nitrogen and oxygen atoms in total. The zero-order chi connectivity index (χ0) is 13.9. The summed E-state index contributed by atoms with van der Waals surface area (Å²) in [5.41, 5.74) is 1.29. The standard InChI is InChI=1S/C16H11FO3/c17-13-5-1-11(2-6-13)3-7-14(18)12-4-8-15-16(9-12)20-10-19-15/h1-9H,10H2. The molecule has 4 heteroatoms. The molecule has 0 unspecified atom stereocenters. The van der Waals surface area contributed by atoms with Gasteiger partial charge in [-0.15, -0.1) is 0 Å². The monoisotopic (exact) mass is 270 g/mol. The van der Waals surface area contributed by atoms with Gasteiger partial charge in [-0.1, -0.05) is 18.2 Å². The summed E-state index contributed by atoms with van der Waals surface area (Å²) in [5, 5.41) is 0. The van der Waals surface area contributed by atoms with Crippen LogP contribution in [0, 0.1) is 5.82 Å². The van der Waals surface area contributed by atoms with E-state index in [4.69, 9.17) is 9.47 Å². The minimum absolute atomic E-state index is 0.146. The molecular formula is C16H11FO3. The highest BCUT2D eigenvalue weighted by molar-refractivity contribution is 6.07. The molecule has 2 aromatic carbocycles. The van der Waals surface area contributed by atoms with Crippen molar-refractivity contribution in [3.63, 3.8) is 0 Å². The Balaban J connectivity index is 1.77. The predicted octanol–water partition coefficient (Wildman–Crippen LogP) is 3.45. The van der Waals surface area contributed by atoms with Gasteiger partial charge in [0, 0.05) is 5.56 Å². The molecular weight excluding hydrogens is 259 g/mol. The second-order valence-electron chi connectivity index (χ2n) is 4.32. The number of ether oxygens (including phenoxy) is 2. The number of halogens is 1. The van der Waals surface area contributed by atoms with Gasteiger partial charge in [0.05, 0.1) is 0 Å². The summed E-state index contributed by atoms with van der Waals surface area (Å²) in [7, 11) is 0. The first-order valence-corrected chi connectivity index (χ1v) is 6.10. The Hall–Kier alpha value is -2.62. The van der Waals surface area contributed by atoms with Gasteiger partial charge in [0.25, 0.3) is 0 Å². The summed E-state index contributed by atoms with van der Waals surface area (Å²) in [4.78, 5) is 12.0. The molecule has 1 aliphatic heterocycles. The number of hydrogen-bond acceptors (Lipinski definition) is 3. The molecule has 0 aliphatic carbocycles. The van der Waals surface area contributed by atoms with Gasteiger partial charge >= 0.3 is 0 Å². The number of fused-ring (bicyclic) bond motifs is 1. The van der Waals surface area contributed by atoms with Crippen LogP contribution in [0.3, 0.4) is 0 Å². The topological polar surface area (TPSA) is 35.5 Å². The van der Waals surface area contributed by atoms with Crippen molar-refractivity contribution in [3.05, 3.63) is 65.5 Å². The van der Waals surface area contributed by atoms with Crippen LogP contribution in [0.2, 0.25) is 0 Å². The molecule has 0 N–H and O–H groups in total. The van der Waals surface area contributed by atoms with E-state index < -0.39 is 0 Å². The van der Waals surface area contributed by atoms with E-state index in [0.29, 0.717) is 17.1 Å². The molecule has 2 aromatic rings. The lowest BCUT2D eigenvalue weighted by Gasteiger charge is -1.99. The Morgan fingerprint density at radius 3 is 2.60 bits per heavy atom. The highest BCUT2D eigenvalue weighted by Crippen LogP contribution is 2.32. The lowest BCUT2D eigenvalue weighted by Crippen LogP contribution is -1.94. The van der Waals surface area contributed by atoms with Crippen LogP contribution in [0.4, 0.5) is 4.39 Å². The van der Waals surface area contributed by atoms with Crippen molar-refractivity contribution in [2.45, 2.75) is 0 Å². The van der Waals surface area contributed by atoms with Crippen molar-refractivity contribution in [3.8, 4) is 11.5 Å². The van der Waals surface area contributed by atoms with Crippen LogP contribution in [0.1, 0.15) is 15.9 Å². The maximum atomic E-state index is 12.8. The van der Waals surface area contributed by atoms with E-state index >= 15 is 0 Å². The summed E-state index contributed by atoms with van der Waals surface area (Å²) < 4.78 is 23.2. The number of carbonyl (C=O) groups is 1. The number of allylic oxidation sites excluding steroid dienone is 1. The second-order valence-corrected chi connectivity index (χ2v) is 4.32. The summed E-state index contributed by atoms with van der Waals surface area (Å²) in [6.07, 6.45) is 3.09. The molecule has 3 rings (SSSR count). The van der Waals surface area contributed by atoms with E-state index in [0.717, 1.165) is 5.56 Å². The zero-order valence-electron chi connectivity index (χ0n) is 10.5. The number of hydrogen-bond donors (Lipinski definition) is 0. The highest BCUT2D eigenvalue weighted by Gasteiger charge is 2.14. The second kappa shape index (κ2) is 5.17. The molecule has 0 atom stereocenters. The molecule has 0 fully saturated rings. The van der Waals surface area contributed by atoms with E-state index in [2.05, 4.69) is 0 Å². The number of ketones is 1. The van der Waals surface area contributed by atoms with Crippen molar-refractivity contribution in [1.29, 1.82) is 0 Å². The van der Waals surface area contributed by atoms with Gasteiger partial charge in [0.1, 0.15) is 5.82 Å². The molecule has 0 aromatic heterocycles. The first kappa shape index (κ1) is 12.4. The fraction of sp³-hybridized carbons (Fsp3) is 0.0625. The fourth-order valence-electron chi connectivity index (χ4n) is 1.89. The first-order valence-electron chi connectivity index (χ1n) is 6.10. The third-order valence-corrected chi connectivity index (χ3v) is 2.95. The molecule has 0 spiro atoms. The van der Waals surface area contributed by atoms with Gasteiger partial charge in [-0.25, -0.2) is 4.39 Å². The number of carbonyl (C=O) groups excluding carboxylic acids is 1. The minimum atomic E-state index is -0.302. The predicted molar refractivity (Wildman–Crippen MR) is 72.3 cm³/mol. The van der Waals surface area contributed by atoms with E-state index in [-0.39, 0.29) is 18.4 Å². The van der Waals surface area contributed by atoms with Gasteiger partial charge in [0.15, 0.2) is 17.3 Å². The van der Waals surface area contributed by atoms with Crippen LogP contribution in [-0.4, -0.2) is 12.6 Å². The molecule has 0 radical (unpaired) electrons. The third kappa shape index (κ3) is 2.54. The molecule has 0 saturated carbocycles. The summed E-state index contributed by atoms with van der Waals surface area (Å²) in [5.74, 6) is 0.770. The summed E-state index contributed by atoms with van der Waals surface area (Å²) in [6.45, 7) is 0.179. The molecule has 0 amide bonds. The molecule has 0 saturated heterocycles. The lowest BCUT2D eigenvalue weighted by molar-refractivity contribution is 0.104. The Labute approximate surface area is 115 Å². The van der Waals surface area contributed by atoms with Crippen molar-refractivity contribution in [2.24, 2.45) is 0 Å². The molecule has 100 valence electrons. The van der Waals surface area contributed by atoms with Crippen LogP contribution >= 0.6 is 0 Å². The van der Waals surface area contributed by atoms with E-state index in [1.807, 2.05) is 0 Å². The quantitative estimate of drug-likeness (QED) is 0.633. The van der Waals surface area contributed by atoms with Gasteiger partial charge in [-0.3, -0.25) is 4.79 Å². The first-order chi connectivity index (χ1) is 9.72. The lowest BCUT2D eigenvalue weighted by atomic mass is 10.1.